The van der Waals surface area contributed by atoms with Gasteiger partial charge in [-0.05, 0) is 6.42 Å². The Morgan fingerprint density at radius 3 is 2.38 bits per heavy atom. The van der Waals surface area contributed by atoms with Crippen LogP contribution in [0.5, 0.6) is 0 Å². The molecule has 0 aromatic heterocycles. The van der Waals surface area contributed by atoms with Crippen LogP contribution < -0.4 is 0 Å². The van der Waals surface area contributed by atoms with Crippen molar-refractivity contribution in [1.82, 2.24) is 0 Å². The summed E-state index contributed by atoms with van der Waals surface area (Å²) in [5, 5.41) is 0. The second kappa shape index (κ2) is 5.05. The van der Waals surface area contributed by atoms with Crippen molar-refractivity contribution >= 4 is 17.5 Å². The Labute approximate surface area is 94.7 Å². The number of allylic oxidation sites excluding steroid dienone is 2. The van der Waals surface area contributed by atoms with E-state index in [2.05, 4.69) is 0 Å². The number of ether oxygens (including phenoxy) is 1. The lowest BCUT2D eigenvalue weighted by Crippen LogP contribution is -2.24. The van der Waals surface area contributed by atoms with Gasteiger partial charge in [-0.2, -0.15) is 0 Å². The highest BCUT2D eigenvalue weighted by molar-refractivity contribution is 6.21. The van der Waals surface area contributed by atoms with Gasteiger partial charge in [0.1, 0.15) is 5.76 Å². The molecule has 0 heterocycles. The third kappa shape index (κ3) is 2.78. The molecule has 88 valence electrons. The number of carbonyl (C=O) groups excluding carboxylic acids is 3. The summed E-state index contributed by atoms with van der Waals surface area (Å²) >= 11 is 0. The average Bonchev–Trinajstić information content (AvgIpc) is 2.16. The van der Waals surface area contributed by atoms with Crippen molar-refractivity contribution in [3.63, 3.8) is 0 Å². The van der Waals surface area contributed by atoms with E-state index in [0.717, 1.165) is 0 Å². The molecule has 0 saturated heterocycles. The van der Waals surface area contributed by atoms with Crippen LogP contribution in [0.25, 0.3) is 0 Å². The van der Waals surface area contributed by atoms with Gasteiger partial charge in [0, 0.05) is 25.7 Å². The summed E-state index contributed by atoms with van der Waals surface area (Å²) in [5.41, 5.74) is 0.0939. The van der Waals surface area contributed by atoms with Crippen molar-refractivity contribution in [3.05, 3.63) is 11.3 Å². The molecule has 0 amide bonds. The molecule has 0 aliphatic heterocycles. The zero-order chi connectivity index (χ0) is 12.3. The van der Waals surface area contributed by atoms with Crippen molar-refractivity contribution in [2.45, 2.75) is 40.0 Å². The third-order valence-electron chi connectivity index (χ3n) is 2.40. The predicted octanol–water partition coefficient (Wildman–Crippen LogP) is 1.78. The fourth-order valence-corrected chi connectivity index (χ4v) is 1.65. The van der Waals surface area contributed by atoms with E-state index in [-0.39, 0.29) is 28.8 Å². The van der Waals surface area contributed by atoms with Gasteiger partial charge in [0.15, 0.2) is 11.6 Å². The molecule has 0 aromatic rings. The van der Waals surface area contributed by atoms with Gasteiger partial charge in [-0.25, -0.2) is 0 Å². The third-order valence-corrected chi connectivity index (χ3v) is 2.40. The topological polar surface area (TPSA) is 60.4 Å². The summed E-state index contributed by atoms with van der Waals surface area (Å²) in [6.07, 6.45) is 1.48. The predicted molar refractivity (Wildman–Crippen MR) is 57.5 cm³/mol. The minimum atomic E-state index is -0.487. The number of rotatable bonds is 3. The van der Waals surface area contributed by atoms with Crippen molar-refractivity contribution in [1.29, 1.82) is 0 Å². The lowest BCUT2D eigenvalue weighted by atomic mass is 9.89. The van der Waals surface area contributed by atoms with Crippen LogP contribution in [0.3, 0.4) is 0 Å². The minimum absolute atomic E-state index is 0.0939. The number of ketones is 2. The quantitative estimate of drug-likeness (QED) is 0.541. The smallest absolute Gasteiger partial charge is 0.307 e. The number of Topliss-reactive ketones (excluding diaryl/α,β-unsaturated/α-hetero) is 2. The normalized spacial score (nSPS) is 16.6. The lowest BCUT2D eigenvalue weighted by molar-refractivity contribution is -0.137. The molecule has 0 atom stereocenters. The Bertz CT molecular complexity index is 363. The molecule has 0 spiro atoms. The van der Waals surface area contributed by atoms with Gasteiger partial charge in [-0.1, -0.05) is 13.8 Å². The molecule has 0 unspecified atom stereocenters. The first-order valence-corrected chi connectivity index (χ1v) is 5.42. The first kappa shape index (κ1) is 12.6. The lowest BCUT2D eigenvalue weighted by Gasteiger charge is -2.18. The van der Waals surface area contributed by atoms with Crippen molar-refractivity contribution in [2.75, 3.05) is 0 Å². The molecule has 1 aliphatic rings. The van der Waals surface area contributed by atoms with E-state index in [1.54, 1.807) is 13.8 Å². The average molecular weight is 224 g/mol. The number of hydrogen-bond donors (Lipinski definition) is 0. The first-order valence-electron chi connectivity index (χ1n) is 5.42. The van der Waals surface area contributed by atoms with Gasteiger partial charge >= 0.3 is 5.97 Å². The highest BCUT2D eigenvalue weighted by Gasteiger charge is 2.29. The van der Waals surface area contributed by atoms with Gasteiger partial charge in [0.25, 0.3) is 0 Å². The molecule has 0 saturated carbocycles. The molecule has 0 aromatic carbocycles. The summed E-state index contributed by atoms with van der Waals surface area (Å²) < 4.78 is 4.94. The Kier molecular flexibility index (Phi) is 3.99. The molecular weight excluding hydrogens is 208 g/mol. The van der Waals surface area contributed by atoms with Crippen LogP contribution in [-0.2, 0) is 19.1 Å². The zero-order valence-electron chi connectivity index (χ0n) is 9.83. The van der Waals surface area contributed by atoms with E-state index in [0.29, 0.717) is 19.3 Å². The standard InChI is InChI=1S/C12H16O4/c1-7(2)12(15)11-9(14)5-4-6-10(11)16-8(3)13/h7H,4-6H2,1-3H3. The minimum Gasteiger partial charge on any atom is -0.430 e. The van der Waals surface area contributed by atoms with Gasteiger partial charge in [-0.15, -0.1) is 0 Å². The second-order valence-electron chi connectivity index (χ2n) is 4.19. The first-order chi connectivity index (χ1) is 7.43. The number of hydrogen-bond acceptors (Lipinski definition) is 4. The van der Waals surface area contributed by atoms with E-state index in [1.807, 2.05) is 0 Å². The second-order valence-corrected chi connectivity index (χ2v) is 4.19. The SMILES string of the molecule is CC(=O)OC1=C(C(=O)C(C)C)C(=O)CCC1. The maximum absolute atomic E-state index is 11.8. The van der Waals surface area contributed by atoms with E-state index in [9.17, 15) is 14.4 Å². The van der Waals surface area contributed by atoms with Crippen molar-refractivity contribution < 1.29 is 19.1 Å². The fraction of sp³-hybridized carbons (Fsp3) is 0.583. The van der Waals surface area contributed by atoms with Crippen LogP contribution in [-0.4, -0.2) is 17.5 Å². The summed E-state index contributed by atoms with van der Waals surface area (Å²) in [5.74, 6) is -0.939. The molecule has 4 heteroatoms. The summed E-state index contributed by atoms with van der Waals surface area (Å²) in [4.78, 5) is 34.4. The van der Waals surface area contributed by atoms with E-state index < -0.39 is 5.97 Å². The van der Waals surface area contributed by atoms with Crippen LogP contribution in [0.2, 0.25) is 0 Å². The van der Waals surface area contributed by atoms with Crippen LogP contribution in [0.1, 0.15) is 40.0 Å². The van der Waals surface area contributed by atoms with Crippen LogP contribution >= 0.6 is 0 Å². The molecule has 0 radical (unpaired) electrons. The maximum atomic E-state index is 11.8. The summed E-state index contributed by atoms with van der Waals surface area (Å²) in [7, 11) is 0. The van der Waals surface area contributed by atoms with Gasteiger partial charge in [0.2, 0.25) is 0 Å². The Morgan fingerprint density at radius 2 is 1.88 bits per heavy atom. The number of esters is 1. The maximum Gasteiger partial charge on any atom is 0.307 e. The molecular formula is C12H16O4. The molecule has 16 heavy (non-hydrogen) atoms. The molecule has 4 nitrogen and oxygen atoms in total. The number of carbonyl (C=O) groups is 3. The molecule has 0 bridgehead atoms. The molecule has 1 aliphatic carbocycles. The summed E-state index contributed by atoms with van der Waals surface area (Å²) in [6.45, 7) is 4.72. The van der Waals surface area contributed by atoms with Crippen LogP contribution in [0.4, 0.5) is 0 Å². The van der Waals surface area contributed by atoms with E-state index >= 15 is 0 Å². The highest BCUT2D eigenvalue weighted by Crippen LogP contribution is 2.25. The molecule has 1 rings (SSSR count). The van der Waals surface area contributed by atoms with Crippen LogP contribution in [0.15, 0.2) is 11.3 Å². The Hall–Kier alpha value is -1.45. The van der Waals surface area contributed by atoms with Crippen molar-refractivity contribution in [3.8, 4) is 0 Å². The largest absolute Gasteiger partial charge is 0.430 e. The summed E-state index contributed by atoms with van der Waals surface area (Å²) in [6, 6.07) is 0. The van der Waals surface area contributed by atoms with E-state index in [4.69, 9.17) is 4.74 Å². The monoisotopic (exact) mass is 224 g/mol. The van der Waals surface area contributed by atoms with Gasteiger partial charge < -0.3 is 4.74 Å². The van der Waals surface area contributed by atoms with E-state index in [1.165, 1.54) is 6.92 Å². The van der Waals surface area contributed by atoms with Gasteiger partial charge in [0.05, 0.1) is 5.57 Å². The molecule has 0 fully saturated rings. The van der Waals surface area contributed by atoms with Gasteiger partial charge in [-0.3, -0.25) is 14.4 Å². The van der Waals surface area contributed by atoms with Crippen molar-refractivity contribution in [2.24, 2.45) is 5.92 Å². The Morgan fingerprint density at radius 1 is 1.25 bits per heavy atom. The fourth-order valence-electron chi connectivity index (χ4n) is 1.65. The van der Waals surface area contributed by atoms with Crippen LogP contribution in [0, 0.1) is 5.92 Å². The highest BCUT2D eigenvalue weighted by atomic mass is 16.5. The zero-order valence-corrected chi connectivity index (χ0v) is 9.83. The Balaban J connectivity index is 3.09. The molecule has 0 N–H and O–H groups in total.